The van der Waals surface area contributed by atoms with E-state index in [1.165, 1.54) is 18.3 Å². The Morgan fingerprint density at radius 2 is 2.00 bits per heavy atom. The summed E-state index contributed by atoms with van der Waals surface area (Å²) in [5, 5.41) is 2.48. The van der Waals surface area contributed by atoms with Crippen molar-refractivity contribution < 1.29 is 18.0 Å². The van der Waals surface area contributed by atoms with E-state index in [0.29, 0.717) is 5.56 Å². The van der Waals surface area contributed by atoms with Gasteiger partial charge in [-0.1, -0.05) is 19.4 Å². The van der Waals surface area contributed by atoms with Gasteiger partial charge in [-0.2, -0.15) is 13.2 Å². The zero-order valence-electron chi connectivity index (χ0n) is 14.1. The Morgan fingerprint density at radius 3 is 2.68 bits per heavy atom. The summed E-state index contributed by atoms with van der Waals surface area (Å²) in [6.45, 7) is 2.92. The molecule has 2 aromatic rings. The first-order valence-electron chi connectivity index (χ1n) is 7.96. The van der Waals surface area contributed by atoms with Crippen molar-refractivity contribution >= 4 is 17.3 Å². The van der Waals surface area contributed by atoms with Gasteiger partial charge in [0.1, 0.15) is 0 Å². The van der Waals surface area contributed by atoms with E-state index in [4.69, 9.17) is 0 Å². The predicted molar refractivity (Wildman–Crippen MR) is 91.8 cm³/mol. The molecular formula is C18H20F3N3O. The van der Waals surface area contributed by atoms with Crippen LogP contribution >= 0.6 is 0 Å². The molecule has 0 aliphatic rings. The lowest BCUT2D eigenvalue weighted by atomic mass is 10.2. The van der Waals surface area contributed by atoms with Gasteiger partial charge in [0.15, 0.2) is 0 Å². The van der Waals surface area contributed by atoms with E-state index in [9.17, 15) is 18.0 Å². The van der Waals surface area contributed by atoms with Crippen molar-refractivity contribution in [2.24, 2.45) is 0 Å². The number of unbranched alkanes of at least 4 members (excludes halogenated alkanes) is 1. The standard InChI is InChI=1S/C18H20F3N3O/c1-3-4-8-24(2)16-9-13(11-22-12-16)17(25)23-15-7-5-6-14(10-15)18(19,20)21/h5-7,9-12H,3-4,8H2,1-2H3,(H,23,25). The molecule has 0 aliphatic carbocycles. The van der Waals surface area contributed by atoms with Crippen molar-refractivity contribution in [1.82, 2.24) is 4.98 Å². The highest BCUT2D eigenvalue weighted by molar-refractivity contribution is 6.04. The number of hydrogen-bond donors (Lipinski definition) is 1. The highest BCUT2D eigenvalue weighted by Crippen LogP contribution is 2.30. The van der Waals surface area contributed by atoms with Gasteiger partial charge < -0.3 is 10.2 Å². The van der Waals surface area contributed by atoms with Crippen LogP contribution < -0.4 is 10.2 Å². The summed E-state index contributed by atoms with van der Waals surface area (Å²) < 4.78 is 38.2. The number of anilines is 2. The average Bonchev–Trinajstić information content (AvgIpc) is 2.59. The first kappa shape index (κ1) is 18.8. The van der Waals surface area contributed by atoms with Crippen molar-refractivity contribution in [3.05, 3.63) is 53.9 Å². The maximum Gasteiger partial charge on any atom is 0.416 e. The first-order chi connectivity index (χ1) is 11.8. The van der Waals surface area contributed by atoms with Crippen LogP contribution in [0.3, 0.4) is 0 Å². The van der Waals surface area contributed by atoms with Crippen LogP contribution in [-0.4, -0.2) is 24.5 Å². The van der Waals surface area contributed by atoms with Gasteiger partial charge >= 0.3 is 6.18 Å². The fraction of sp³-hybridized carbons (Fsp3) is 0.333. The molecule has 1 aromatic carbocycles. The zero-order chi connectivity index (χ0) is 18.4. The monoisotopic (exact) mass is 351 g/mol. The Morgan fingerprint density at radius 1 is 1.24 bits per heavy atom. The quantitative estimate of drug-likeness (QED) is 0.828. The summed E-state index contributed by atoms with van der Waals surface area (Å²) in [6.07, 6.45) is 0.645. The smallest absolute Gasteiger partial charge is 0.373 e. The molecule has 0 saturated heterocycles. The topological polar surface area (TPSA) is 45.2 Å². The minimum Gasteiger partial charge on any atom is -0.373 e. The van der Waals surface area contributed by atoms with Crippen LogP contribution in [0.25, 0.3) is 0 Å². The number of nitrogens with zero attached hydrogens (tertiary/aromatic N) is 2. The molecule has 1 N–H and O–H groups in total. The minimum absolute atomic E-state index is 0.0876. The number of alkyl halides is 3. The van der Waals surface area contributed by atoms with Gasteiger partial charge in [0, 0.05) is 25.5 Å². The number of nitrogens with one attached hydrogen (secondary N) is 1. The normalized spacial score (nSPS) is 11.2. The molecule has 1 aromatic heterocycles. The van der Waals surface area contributed by atoms with E-state index in [1.54, 1.807) is 12.3 Å². The van der Waals surface area contributed by atoms with Crippen molar-refractivity contribution in [3.63, 3.8) is 0 Å². The van der Waals surface area contributed by atoms with Gasteiger partial charge in [0.25, 0.3) is 5.91 Å². The Bertz CT molecular complexity index is 732. The van der Waals surface area contributed by atoms with Crippen LogP contribution in [0.15, 0.2) is 42.7 Å². The number of pyridine rings is 1. The maximum absolute atomic E-state index is 12.7. The molecule has 0 unspecified atom stereocenters. The molecule has 25 heavy (non-hydrogen) atoms. The summed E-state index contributed by atoms with van der Waals surface area (Å²) in [5.74, 6) is -0.502. The van der Waals surface area contributed by atoms with E-state index in [2.05, 4.69) is 17.2 Å². The Labute approximate surface area is 144 Å². The lowest BCUT2D eigenvalue weighted by Crippen LogP contribution is -2.20. The summed E-state index contributed by atoms with van der Waals surface area (Å²) in [7, 11) is 1.90. The summed E-state index contributed by atoms with van der Waals surface area (Å²) in [6, 6.07) is 6.21. The molecule has 0 aliphatic heterocycles. The van der Waals surface area contributed by atoms with E-state index in [-0.39, 0.29) is 5.69 Å². The van der Waals surface area contributed by atoms with Crippen LogP contribution in [0.2, 0.25) is 0 Å². The third-order valence-electron chi connectivity index (χ3n) is 3.72. The fourth-order valence-corrected chi connectivity index (χ4v) is 2.26. The van der Waals surface area contributed by atoms with Crippen molar-refractivity contribution in [3.8, 4) is 0 Å². The minimum atomic E-state index is -4.45. The van der Waals surface area contributed by atoms with Crippen LogP contribution in [-0.2, 0) is 6.18 Å². The third-order valence-corrected chi connectivity index (χ3v) is 3.72. The Kier molecular flexibility index (Phi) is 6.01. The molecule has 0 spiro atoms. The first-order valence-corrected chi connectivity index (χ1v) is 7.96. The largest absolute Gasteiger partial charge is 0.416 e. The number of halogens is 3. The molecule has 1 amide bonds. The van der Waals surface area contributed by atoms with Crippen LogP contribution in [0.5, 0.6) is 0 Å². The SMILES string of the molecule is CCCCN(C)c1cncc(C(=O)Nc2cccc(C(F)(F)F)c2)c1. The van der Waals surface area contributed by atoms with Gasteiger partial charge in [-0.05, 0) is 30.7 Å². The summed E-state index contributed by atoms with van der Waals surface area (Å²) in [5.41, 5.74) is 0.351. The second-order valence-electron chi connectivity index (χ2n) is 5.74. The Hall–Kier alpha value is -2.57. The second kappa shape index (κ2) is 8.00. The fourth-order valence-electron chi connectivity index (χ4n) is 2.26. The zero-order valence-corrected chi connectivity index (χ0v) is 14.1. The number of aromatic nitrogens is 1. The van der Waals surface area contributed by atoms with E-state index >= 15 is 0 Å². The average molecular weight is 351 g/mol. The second-order valence-corrected chi connectivity index (χ2v) is 5.74. The number of rotatable bonds is 6. The molecule has 0 saturated carbocycles. The van der Waals surface area contributed by atoms with Gasteiger partial charge in [-0.3, -0.25) is 9.78 Å². The molecule has 0 radical (unpaired) electrons. The molecule has 2 rings (SSSR count). The third kappa shape index (κ3) is 5.20. The maximum atomic E-state index is 12.7. The molecule has 0 bridgehead atoms. The summed E-state index contributed by atoms with van der Waals surface area (Å²) >= 11 is 0. The number of amides is 1. The number of hydrogen-bond acceptors (Lipinski definition) is 3. The number of carbonyl (C=O) groups excluding carboxylic acids is 1. The van der Waals surface area contributed by atoms with E-state index in [0.717, 1.165) is 37.2 Å². The number of carbonyl (C=O) groups is 1. The van der Waals surface area contributed by atoms with Gasteiger partial charge in [0.2, 0.25) is 0 Å². The van der Waals surface area contributed by atoms with E-state index in [1.807, 2.05) is 11.9 Å². The lowest BCUT2D eigenvalue weighted by molar-refractivity contribution is -0.137. The molecule has 4 nitrogen and oxygen atoms in total. The van der Waals surface area contributed by atoms with Crippen molar-refractivity contribution in [2.45, 2.75) is 25.9 Å². The molecular weight excluding hydrogens is 331 g/mol. The van der Waals surface area contributed by atoms with Gasteiger partial charge in [0.05, 0.1) is 23.0 Å². The van der Waals surface area contributed by atoms with Crippen LogP contribution in [0.4, 0.5) is 24.5 Å². The molecule has 0 atom stereocenters. The van der Waals surface area contributed by atoms with Crippen molar-refractivity contribution in [2.75, 3.05) is 23.8 Å². The molecule has 134 valence electrons. The lowest BCUT2D eigenvalue weighted by Gasteiger charge is -2.19. The van der Waals surface area contributed by atoms with Gasteiger partial charge in [-0.15, -0.1) is 0 Å². The predicted octanol–water partition coefficient (Wildman–Crippen LogP) is 4.59. The molecule has 1 heterocycles. The number of benzene rings is 1. The van der Waals surface area contributed by atoms with E-state index < -0.39 is 17.6 Å². The van der Waals surface area contributed by atoms with Crippen LogP contribution in [0, 0.1) is 0 Å². The van der Waals surface area contributed by atoms with Gasteiger partial charge in [-0.25, -0.2) is 0 Å². The summed E-state index contributed by atoms with van der Waals surface area (Å²) in [4.78, 5) is 18.3. The molecule has 7 heteroatoms. The highest BCUT2D eigenvalue weighted by atomic mass is 19.4. The molecule has 0 fully saturated rings. The Balaban J connectivity index is 2.13. The van der Waals surface area contributed by atoms with Crippen LogP contribution in [0.1, 0.15) is 35.7 Å². The highest BCUT2D eigenvalue weighted by Gasteiger charge is 2.30. The van der Waals surface area contributed by atoms with Crippen molar-refractivity contribution in [1.29, 1.82) is 0 Å².